The Morgan fingerprint density at radius 3 is 2.68 bits per heavy atom. The lowest BCUT2D eigenvalue weighted by Gasteiger charge is -2.39. The number of hydrogen-bond donors (Lipinski definition) is 0. The van der Waals surface area contributed by atoms with E-state index in [0.29, 0.717) is 6.54 Å². The Balaban J connectivity index is 1.93. The summed E-state index contributed by atoms with van der Waals surface area (Å²) in [5, 5.41) is 0. The first kappa shape index (κ1) is 13.7. The number of amides is 1. The maximum Gasteiger partial charge on any atom is 0.246 e. The summed E-state index contributed by atoms with van der Waals surface area (Å²) in [5.41, 5.74) is 1.09. The van der Waals surface area contributed by atoms with E-state index >= 15 is 0 Å². The van der Waals surface area contributed by atoms with Gasteiger partial charge in [-0.1, -0.05) is 18.7 Å². The molecule has 0 aromatic heterocycles. The quantitative estimate of drug-likeness (QED) is 0.778. The summed E-state index contributed by atoms with van der Waals surface area (Å²) in [6.45, 7) is 8.74. The molecule has 1 aliphatic rings. The average molecular weight is 262 g/mol. The predicted molar refractivity (Wildman–Crippen MR) is 73.0 cm³/mol. The molecule has 1 heterocycles. The molecule has 1 aliphatic heterocycles. The van der Waals surface area contributed by atoms with Gasteiger partial charge in [-0.2, -0.15) is 0 Å². The molecule has 1 atom stereocenters. The zero-order valence-corrected chi connectivity index (χ0v) is 11.2. The van der Waals surface area contributed by atoms with E-state index in [1.54, 1.807) is 12.1 Å². The summed E-state index contributed by atoms with van der Waals surface area (Å²) < 4.78 is 12.8. The summed E-state index contributed by atoms with van der Waals surface area (Å²) in [5.74, 6) is -0.215. The lowest BCUT2D eigenvalue weighted by Crippen LogP contribution is -2.53. The van der Waals surface area contributed by atoms with Crippen molar-refractivity contribution in [2.45, 2.75) is 19.5 Å². The minimum Gasteiger partial charge on any atom is -0.334 e. The van der Waals surface area contributed by atoms with Gasteiger partial charge in [0.2, 0.25) is 5.91 Å². The normalized spacial score (nSPS) is 20.3. The number of benzene rings is 1. The Kier molecular flexibility index (Phi) is 4.32. The minimum absolute atomic E-state index is 0.00562. The van der Waals surface area contributed by atoms with E-state index in [4.69, 9.17) is 0 Å². The van der Waals surface area contributed by atoms with E-state index in [1.807, 2.05) is 11.8 Å². The second-order valence-corrected chi connectivity index (χ2v) is 4.95. The molecule has 4 heteroatoms. The van der Waals surface area contributed by atoms with Crippen molar-refractivity contribution >= 4 is 5.91 Å². The molecular weight excluding hydrogens is 243 g/mol. The SMILES string of the molecule is C=CC(=O)N1CCN(Cc2ccc(F)cc2)C[C@@H]1C. The van der Waals surface area contributed by atoms with Gasteiger partial charge in [0.25, 0.3) is 0 Å². The zero-order chi connectivity index (χ0) is 13.8. The van der Waals surface area contributed by atoms with Crippen LogP contribution in [0.15, 0.2) is 36.9 Å². The second-order valence-electron chi connectivity index (χ2n) is 4.95. The molecule has 0 N–H and O–H groups in total. The van der Waals surface area contributed by atoms with Crippen molar-refractivity contribution in [3.05, 3.63) is 48.3 Å². The van der Waals surface area contributed by atoms with Crippen LogP contribution >= 0.6 is 0 Å². The standard InChI is InChI=1S/C15H19FN2O/c1-3-15(19)18-9-8-17(10-12(18)2)11-13-4-6-14(16)7-5-13/h3-7,12H,1,8-11H2,2H3/t12-/m0/s1. The van der Waals surface area contributed by atoms with E-state index in [0.717, 1.165) is 25.2 Å². The Labute approximate surface area is 113 Å². The summed E-state index contributed by atoms with van der Waals surface area (Å²) >= 11 is 0. The van der Waals surface area contributed by atoms with E-state index in [2.05, 4.69) is 11.5 Å². The van der Waals surface area contributed by atoms with Gasteiger partial charge < -0.3 is 4.90 Å². The molecular formula is C15H19FN2O. The summed E-state index contributed by atoms with van der Waals surface area (Å²) in [7, 11) is 0. The summed E-state index contributed by atoms with van der Waals surface area (Å²) in [6, 6.07) is 6.76. The first-order valence-corrected chi connectivity index (χ1v) is 6.50. The number of carbonyl (C=O) groups is 1. The van der Waals surface area contributed by atoms with Crippen molar-refractivity contribution in [1.29, 1.82) is 0 Å². The van der Waals surface area contributed by atoms with Crippen molar-refractivity contribution in [3.63, 3.8) is 0 Å². The van der Waals surface area contributed by atoms with Gasteiger partial charge in [0.1, 0.15) is 5.82 Å². The minimum atomic E-state index is -0.210. The zero-order valence-electron chi connectivity index (χ0n) is 11.2. The Morgan fingerprint density at radius 2 is 2.11 bits per heavy atom. The molecule has 1 aromatic carbocycles. The van der Waals surface area contributed by atoms with E-state index in [9.17, 15) is 9.18 Å². The van der Waals surface area contributed by atoms with Gasteiger partial charge in [-0.05, 0) is 30.7 Å². The fourth-order valence-electron chi connectivity index (χ4n) is 2.47. The molecule has 0 spiro atoms. The lowest BCUT2D eigenvalue weighted by molar-refractivity contribution is -0.130. The van der Waals surface area contributed by atoms with Crippen LogP contribution in [0.5, 0.6) is 0 Å². The molecule has 1 amide bonds. The van der Waals surface area contributed by atoms with Crippen LogP contribution in [-0.2, 0) is 11.3 Å². The number of nitrogens with zero attached hydrogens (tertiary/aromatic N) is 2. The van der Waals surface area contributed by atoms with Crippen molar-refractivity contribution in [2.24, 2.45) is 0 Å². The third-order valence-electron chi connectivity index (χ3n) is 3.49. The number of halogens is 1. The number of hydrogen-bond acceptors (Lipinski definition) is 2. The second kappa shape index (κ2) is 5.97. The van der Waals surface area contributed by atoms with Gasteiger partial charge in [0.15, 0.2) is 0 Å². The van der Waals surface area contributed by atoms with Crippen LogP contribution in [0, 0.1) is 5.82 Å². The molecule has 0 aliphatic carbocycles. The Bertz CT molecular complexity index is 458. The van der Waals surface area contributed by atoms with Crippen molar-refractivity contribution in [2.75, 3.05) is 19.6 Å². The van der Waals surface area contributed by atoms with Crippen molar-refractivity contribution in [1.82, 2.24) is 9.80 Å². The molecule has 3 nitrogen and oxygen atoms in total. The summed E-state index contributed by atoms with van der Waals surface area (Å²) in [4.78, 5) is 15.8. The third kappa shape index (κ3) is 3.41. The molecule has 1 saturated heterocycles. The smallest absolute Gasteiger partial charge is 0.246 e. The van der Waals surface area contributed by atoms with Crippen LogP contribution in [0.3, 0.4) is 0 Å². The highest BCUT2D eigenvalue weighted by Crippen LogP contribution is 2.14. The largest absolute Gasteiger partial charge is 0.334 e. The highest BCUT2D eigenvalue weighted by Gasteiger charge is 2.25. The van der Waals surface area contributed by atoms with Gasteiger partial charge in [0.05, 0.1) is 0 Å². The monoisotopic (exact) mass is 262 g/mol. The van der Waals surface area contributed by atoms with E-state index in [1.165, 1.54) is 18.2 Å². The highest BCUT2D eigenvalue weighted by molar-refractivity contribution is 5.87. The first-order chi connectivity index (χ1) is 9.10. The molecule has 102 valence electrons. The fraction of sp³-hybridized carbons (Fsp3) is 0.400. The van der Waals surface area contributed by atoms with Crippen molar-refractivity contribution in [3.8, 4) is 0 Å². The van der Waals surface area contributed by atoms with Gasteiger partial charge in [-0.3, -0.25) is 9.69 Å². The van der Waals surface area contributed by atoms with Gasteiger partial charge in [0, 0.05) is 32.2 Å². The topological polar surface area (TPSA) is 23.6 Å². The molecule has 0 radical (unpaired) electrons. The molecule has 2 rings (SSSR count). The van der Waals surface area contributed by atoms with Gasteiger partial charge in [-0.15, -0.1) is 0 Å². The number of piperazine rings is 1. The van der Waals surface area contributed by atoms with Crippen LogP contribution in [0.2, 0.25) is 0 Å². The van der Waals surface area contributed by atoms with Crippen LogP contribution in [0.4, 0.5) is 4.39 Å². The summed E-state index contributed by atoms with van der Waals surface area (Å²) in [6.07, 6.45) is 1.37. The average Bonchev–Trinajstić information content (AvgIpc) is 2.41. The Morgan fingerprint density at radius 1 is 1.42 bits per heavy atom. The molecule has 1 fully saturated rings. The lowest BCUT2D eigenvalue weighted by atomic mass is 10.1. The van der Waals surface area contributed by atoms with Crippen LogP contribution in [0.25, 0.3) is 0 Å². The molecule has 0 unspecified atom stereocenters. The van der Waals surface area contributed by atoms with Crippen LogP contribution in [0.1, 0.15) is 12.5 Å². The van der Waals surface area contributed by atoms with E-state index in [-0.39, 0.29) is 17.8 Å². The predicted octanol–water partition coefficient (Wildman–Crippen LogP) is 2.04. The van der Waals surface area contributed by atoms with Crippen molar-refractivity contribution < 1.29 is 9.18 Å². The molecule has 0 saturated carbocycles. The van der Waals surface area contributed by atoms with Crippen LogP contribution in [-0.4, -0.2) is 41.4 Å². The maximum atomic E-state index is 12.8. The molecule has 0 bridgehead atoms. The van der Waals surface area contributed by atoms with E-state index < -0.39 is 0 Å². The highest BCUT2D eigenvalue weighted by atomic mass is 19.1. The fourth-order valence-corrected chi connectivity index (χ4v) is 2.47. The maximum absolute atomic E-state index is 12.8. The van der Waals surface area contributed by atoms with Gasteiger partial charge >= 0.3 is 0 Å². The Hall–Kier alpha value is -1.68. The third-order valence-corrected chi connectivity index (χ3v) is 3.49. The number of rotatable bonds is 3. The number of carbonyl (C=O) groups excluding carboxylic acids is 1. The van der Waals surface area contributed by atoms with Gasteiger partial charge in [-0.25, -0.2) is 4.39 Å². The van der Waals surface area contributed by atoms with Crippen LogP contribution < -0.4 is 0 Å². The molecule has 19 heavy (non-hydrogen) atoms. The first-order valence-electron chi connectivity index (χ1n) is 6.50. The molecule has 1 aromatic rings.